The van der Waals surface area contributed by atoms with Crippen LogP contribution in [0.4, 0.5) is 0 Å². The van der Waals surface area contributed by atoms with E-state index in [1.54, 1.807) is 6.92 Å². The Bertz CT molecular complexity index is 164. The first-order valence-electron chi connectivity index (χ1n) is 4.47. The molecule has 0 amide bonds. The summed E-state index contributed by atoms with van der Waals surface area (Å²) in [7, 11) is 0. The molecule has 1 aliphatic carbocycles. The van der Waals surface area contributed by atoms with Gasteiger partial charge in [-0.15, -0.1) is 0 Å². The normalized spacial score (nSPS) is 37.0. The maximum Gasteiger partial charge on any atom is 0.135 e. The Balaban J connectivity index is 2.44. The molecule has 0 saturated heterocycles. The van der Waals surface area contributed by atoms with E-state index in [0.717, 1.165) is 24.7 Å². The molecule has 0 aromatic heterocycles. The second kappa shape index (κ2) is 2.62. The van der Waals surface area contributed by atoms with Crippen molar-refractivity contribution < 1.29 is 4.79 Å². The van der Waals surface area contributed by atoms with Crippen LogP contribution in [-0.4, -0.2) is 5.78 Å². The number of hydrogen-bond donors (Lipinski definition) is 0. The van der Waals surface area contributed by atoms with E-state index in [9.17, 15) is 4.79 Å². The number of ketones is 1. The minimum Gasteiger partial charge on any atom is -0.299 e. The lowest BCUT2D eigenvalue weighted by atomic mass is 9.58. The summed E-state index contributed by atoms with van der Waals surface area (Å²) in [6.45, 7) is 8.29. The predicted molar refractivity (Wildman–Crippen MR) is 46.4 cm³/mol. The van der Waals surface area contributed by atoms with Crippen molar-refractivity contribution in [3.8, 4) is 0 Å². The van der Waals surface area contributed by atoms with Gasteiger partial charge in [0.1, 0.15) is 5.78 Å². The van der Waals surface area contributed by atoms with Gasteiger partial charge in [-0.05, 0) is 31.6 Å². The summed E-state index contributed by atoms with van der Waals surface area (Å²) in [4.78, 5) is 11.1. The Kier molecular flexibility index (Phi) is 2.08. The fraction of sp³-hybridized carbons (Fsp3) is 0.900. The average molecular weight is 154 g/mol. The molecule has 0 bridgehead atoms. The highest BCUT2D eigenvalue weighted by molar-refractivity contribution is 5.82. The molecule has 1 aliphatic rings. The zero-order valence-electron chi connectivity index (χ0n) is 7.98. The Morgan fingerprint density at radius 3 is 2.18 bits per heavy atom. The standard InChI is InChI=1S/C10H18O/c1-7(2)9-5-10(4,6-9)8(3)11/h7,9H,5-6H2,1-4H3/t9-,10-. The molecule has 0 radical (unpaired) electrons. The van der Waals surface area contributed by atoms with Crippen molar-refractivity contribution in [2.45, 2.75) is 40.5 Å². The van der Waals surface area contributed by atoms with E-state index in [0.29, 0.717) is 5.78 Å². The molecule has 1 rings (SSSR count). The molecule has 0 N–H and O–H groups in total. The molecule has 1 heteroatoms. The Labute approximate surface area is 69.2 Å². The second-order valence-corrected chi connectivity index (χ2v) is 4.53. The van der Waals surface area contributed by atoms with Gasteiger partial charge in [0.25, 0.3) is 0 Å². The lowest BCUT2D eigenvalue weighted by Crippen LogP contribution is -2.42. The first-order chi connectivity index (χ1) is 4.96. The molecule has 11 heavy (non-hydrogen) atoms. The fourth-order valence-electron chi connectivity index (χ4n) is 1.86. The zero-order valence-corrected chi connectivity index (χ0v) is 7.98. The number of hydrogen-bond acceptors (Lipinski definition) is 1. The monoisotopic (exact) mass is 154 g/mol. The highest BCUT2D eigenvalue weighted by Crippen LogP contribution is 2.48. The van der Waals surface area contributed by atoms with Crippen LogP contribution in [0.15, 0.2) is 0 Å². The van der Waals surface area contributed by atoms with Gasteiger partial charge in [-0.1, -0.05) is 20.8 Å². The first kappa shape index (κ1) is 8.76. The van der Waals surface area contributed by atoms with Crippen LogP contribution in [-0.2, 0) is 4.79 Å². The topological polar surface area (TPSA) is 17.1 Å². The molecule has 0 aliphatic heterocycles. The molecule has 0 aromatic rings. The number of Topliss-reactive ketones (excluding diaryl/α,β-unsaturated/α-hetero) is 1. The summed E-state index contributed by atoms with van der Waals surface area (Å²) in [5.74, 6) is 1.92. The van der Waals surface area contributed by atoms with Crippen molar-refractivity contribution in [3.63, 3.8) is 0 Å². The van der Waals surface area contributed by atoms with E-state index in [1.807, 2.05) is 0 Å². The third-order valence-corrected chi connectivity index (χ3v) is 3.22. The molecule has 0 atom stereocenters. The van der Waals surface area contributed by atoms with Crippen LogP contribution in [0.2, 0.25) is 0 Å². The molecule has 1 fully saturated rings. The lowest BCUT2D eigenvalue weighted by molar-refractivity contribution is -0.134. The van der Waals surface area contributed by atoms with Gasteiger partial charge in [0.2, 0.25) is 0 Å². The first-order valence-corrected chi connectivity index (χ1v) is 4.47. The minimum atomic E-state index is 0.0366. The zero-order chi connectivity index (χ0) is 8.65. The van der Waals surface area contributed by atoms with Crippen molar-refractivity contribution >= 4 is 5.78 Å². The third kappa shape index (κ3) is 1.47. The largest absolute Gasteiger partial charge is 0.299 e. The smallest absolute Gasteiger partial charge is 0.135 e. The third-order valence-electron chi connectivity index (χ3n) is 3.22. The van der Waals surface area contributed by atoms with E-state index >= 15 is 0 Å². The van der Waals surface area contributed by atoms with Crippen molar-refractivity contribution in [3.05, 3.63) is 0 Å². The molecule has 0 heterocycles. The number of carbonyl (C=O) groups excluding carboxylic acids is 1. The predicted octanol–water partition coefficient (Wildman–Crippen LogP) is 2.65. The Morgan fingerprint density at radius 2 is 1.91 bits per heavy atom. The van der Waals surface area contributed by atoms with E-state index < -0.39 is 0 Å². The van der Waals surface area contributed by atoms with Crippen molar-refractivity contribution in [2.75, 3.05) is 0 Å². The van der Waals surface area contributed by atoms with Gasteiger partial charge in [-0.25, -0.2) is 0 Å². The van der Waals surface area contributed by atoms with Gasteiger partial charge in [-0.2, -0.15) is 0 Å². The average Bonchev–Trinajstić information content (AvgIpc) is 1.79. The van der Waals surface area contributed by atoms with Crippen molar-refractivity contribution in [1.82, 2.24) is 0 Å². The fourth-order valence-corrected chi connectivity index (χ4v) is 1.86. The second-order valence-electron chi connectivity index (χ2n) is 4.53. The van der Waals surface area contributed by atoms with Crippen LogP contribution in [0, 0.1) is 17.3 Å². The number of rotatable bonds is 2. The van der Waals surface area contributed by atoms with Gasteiger partial charge in [0.05, 0.1) is 0 Å². The summed E-state index contributed by atoms with van der Waals surface area (Å²) < 4.78 is 0. The summed E-state index contributed by atoms with van der Waals surface area (Å²) in [6.07, 6.45) is 2.22. The van der Waals surface area contributed by atoms with Crippen LogP contribution in [0.1, 0.15) is 40.5 Å². The Morgan fingerprint density at radius 1 is 1.45 bits per heavy atom. The van der Waals surface area contributed by atoms with Crippen molar-refractivity contribution in [2.24, 2.45) is 17.3 Å². The van der Waals surface area contributed by atoms with Crippen LogP contribution < -0.4 is 0 Å². The molecule has 64 valence electrons. The van der Waals surface area contributed by atoms with Gasteiger partial charge in [0.15, 0.2) is 0 Å². The lowest BCUT2D eigenvalue weighted by Gasteiger charge is -2.45. The van der Waals surface area contributed by atoms with Crippen LogP contribution in [0.25, 0.3) is 0 Å². The number of carbonyl (C=O) groups is 1. The van der Waals surface area contributed by atoms with Gasteiger partial charge in [0, 0.05) is 5.41 Å². The Hall–Kier alpha value is -0.330. The molecule has 0 aromatic carbocycles. The minimum absolute atomic E-state index is 0.0366. The van der Waals surface area contributed by atoms with Gasteiger partial charge in [-0.3, -0.25) is 4.79 Å². The molecule has 0 unspecified atom stereocenters. The summed E-state index contributed by atoms with van der Waals surface area (Å²) in [5, 5.41) is 0. The van der Waals surface area contributed by atoms with Crippen LogP contribution in [0.5, 0.6) is 0 Å². The SMILES string of the molecule is CC(=O)[C@]1(C)C[C@@H](C(C)C)C1. The highest BCUT2D eigenvalue weighted by atomic mass is 16.1. The van der Waals surface area contributed by atoms with Crippen LogP contribution in [0.3, 0.4) is 0 Å². The van der Waals surface area contributed by atoms with Crippen molar-refractivity contribution in [1.29, 1.82) is 0 Å². The molecule has 1 saturated carbocycles. The van der Waals surface area contributed by atoms with E-state index in [1.165, 1.54) is 0 Å². The maximum absolute atomic E-state index is 11.1. The summed E-state index contributed by atoms with van der Waals surface area (Å²) >= 11 is 0. The van der Waals surface area contributed by atoms with Crippen LogP contribution >= 0.6 is 0 Å². The van der Waals surface area contributed by atoms with Gasteiger partial charge < -0.3 is 0 Å². The molecular weight excluding hydrogens is 136 g/mol. The highest BCUT2D eigenvalue weighted by Gasteiger charge is 2.44. The summed E-state index contributed by atoms with van der Waals surface area (Å²) in [6, 6.07) is 0. The quantitative estimate of drug-likeness (QED) is 0.597. The van der Waals surface area contributed by atoms with Gasteiger partial charge >= 0.3 is 0 Å². The molecule has 0 spiro atoms. The van der Waals surface area contributed by atoms with E-state index in [2.05, 4.69) is 20.8 Å². The maximum atomic E-state index is 11.1. The molecular formula is C10H18O. The van der Waals surface area contributed by atoms with E-state index in [-0.39, 0.29) is 5.41 Å². The summed E-state index contributed by atoms with van der Waals surface area (Å²) in [5.41, 5.74) is 0.0366. The molecule has 1 nitrogen and oxygen atoms in total. The van der Waals surface area contributed by atoms with E-state index in [4.69, 9.17) is 0 Å².